The molecule has 1 saturated heterocycles. The molecule has 0 aromatic carbocycles. The van der Waals surface area contributed by atoms with Crippen molar-refractivity contribution in [2.24, 2.45) is 10.7 Å². The molecule has 2 heterocycles. The molecule has 0 aromatic rings. The monoisotopic (exact) mass is 246 g/mol. The van der Waals surface area contributed by atoms with Crippen molar-refractivity contribution in [1.82, 2.24) is 9.80 Å². The number of terminal acetylenes is 1. The van der Waals surface area contributed by atoms with E-state index in [4.69, 9.17) is 12.2 Å². The predicted molar refractivity (Wildman–Crippen MR) is 69.1 cm³/mol. The van der Waals surface area contributed by atoms with E-state index < -0.39 is 5.54 Å². The zero-order chi connectivity index (χ0) is 12.9. The lowest BCUT2D eigenvalue weighted by atomic mass is 9.94. The van der Waals surface area contributed by atoms with Crippen molar-refractivity contribution in [3.05, 3.63) is 0 Å². The zero-order valence-electron chi connectivity index (χ0n) is 10.6. The van der Waals surface area contributed by atoms with E-state index in [1.54, 1.807) is 4.90 Å². The van der Waals surface area contributed by atoms with Gasteiger partial charge in [0.2, 0.25) is 0 Å². The highest BCUT2D eigenvalue weighted by Crippen LogP contribution is 2.39. The normalized spacial score (nSPS) is 33.9. The van der Waals surface area contributed by atoms with E-state index in [0.717, 1.165) is 19.5 Å². The van der Waals surface area contributed by atoms with Crippen molar-refractivity contribution in [2.45, 2.75) is 43.8 Å². The molecule has 3 aliphatic rings. The van der Waals surface area contributed by atoms with E-state index in [-0.39, 0.29) is 12.1 Å². The molecule has 2 N–H and O–H groups in total. The van der Waals surface area contributed by atoms with Gasteiger partial charge in [-0.2, -0.15) is 4.99 Å². The third-order valence-electron chi connectivity index (χ3n) is 4.33. The van der Waals surface area contributed by atoms with Gasteiger partial charge in [0.25, 0.3) is 0 Å². The van der Waals surface area contributed by atoms with Gasteiger partial charge in [-0.15, -0.1) is 6.42 Å². The molecular weight excluding hydrogens is 228 g/mol. The minimum absolute atomic E-state index is 0.263. The minimum atomic E-state index is -0.453. The fourth-order valence-electron chi connectivity index (χ4n) is 3.16. The summed E-state index contributed by atoms with van der Waals surface area (Å²) < 4.78 is 0. The standard InChI is InChI=1S/C13H18N4O/c1-3-9(2)17-12(18)15-11(14)13(17)6-7-16(8-13)10-4-5-10/h1,9-10H,4-8H2,2H3,(H2,14,15,18). The number of amidine groups is 1. The van der Waals surface area contributed by atoms with Crippen LogP contribution >= 0.6 is 0 Å². The SMILES string of the molecule is C#CC(C)N1C(=O)N=C(N)C12CCN(C1CC1)C2. The predicted octanol–water partition coefficient (Wildman–Crippen LogP) is 0.408. The molecule has 2 aliphatic heterocycles. The zero-order valence-corrected chi connectivity index (χ0v) is 10.6. The van der Waals surface area contributed by atoms with Gasteiger partial charge in [0.05, 0.1) is 6.04 Å². The third kappa shape index (κ3) is 1.45. The Balaban J connectivity index is 1.90. The van der Waals surface area contributed by atoms with Gasteiger partial charge in [-0.1, -0.05) is 5.92 Å². The Hall–Kier alpha value is -1.54. The Morgan fingerprint density at radius 2 is 2.33 bits per heavy atom. The van der Waals surface area contributed by atoms with E-state index in [1.807, 2.05) is 6.92 Å². The average molecular weight is 246 g/mol. The summed E-state index contributed by atoms with van der Waals surface area (Å²) in [6, 6.07) is 0.132. The van der Waals surface area contributed by atoms with E-state index in [1.165, 1.54) is 12.8 Å². The highest BCUT2D eigenvalue weighted by molar-refractivity contribution is 6.06. The fraction of sp³-hybridized carbons (Fsp3) is 0.692. The van der Waals surface area contributed by atoms with E-state index in [2.05, 4.69) is 15.8 Å². The van der Waals surface area contributed by atoms with Crippen LogP contribution in [0, 0.1) is 12.3 Å². The molecule has 96 valence electrons. The lowest BCUT2D eigenvalue weighted by molar-refractivity contribution is 0.157. The Morgan fingerprint density at radius 1 is 1.61 bits per heavy atom. The molecule has 5 nitrogen and oxygen atoms in total. The lowest BCUT2D eigenvalue weighted by Gasteiger charge is -2.36. The average Bonchev–Trinajstić information content (AvgIpc) is 3.05. The second-order valence-corrected chi connectivity index (χ2v) is 5.48. The number of nitrogens with two attached hydrogens (primary N) is 1. The van der Waals surface area contributed by atoms with Crippen LogP contribution in [0.4, 0.5) is 4.79 Å². The first kappa shape index (κ1) is 11.5. The van der Waals surface area contributed by atoms with Crippen LogP contribution in [0.3, 0.4) is 0 Å². The first-order valence-corrected chi connectivity index (χ1v) is 6.46. The van der Waals surface area contributed by atoms with Crippen molar-refractivity contribution in [1.29, 1.82) is 0 Å². The van der Waals surface area contributed by atoms with Crippen LogP contribution in [0.1, 0.15) is 26.2 Å². The molecule has 3 rings (SSSR count). The number of likely N-dealkylation sites (tertiary alicyclic amines) is 1. The van der Waals surface area contributed by atoms with Crippen LogP contribution in [0.15, 0.2) is 4.99 Å². The van der Waals surface area contributed by atoms with Crippen molar-refractivity contribution >= 4 is 11.9 Å². The van der Waals surface area contributed by atoms with Crippen LogP contribution in [-0.2, 0) is 0 Å². The van der Waals surface area contributed by atoms with E-state index in [0.29, 0.717) is 11.9 Å². The number of hydrogen-bond acceptors (Lipinski definition) is 3. The highest BCUT2D eigenvalue weighted by Gasteiger charge is 2.55. The van der Waals surface area contributed by atoms with Crippen molar-refractivity contribution in [3.63, 3.8) is 0 Å². The second-order valence-electron chi connectivity index (χ2n) is 5.48. The Labute approximate surface area is 107 Å². The number of urea groups is 1. The summed E-state index contributed by atoms with van der Waals surface area (Å²) in [5, 5.41) is 0. The summed E-state index contributed by atoms with van der Waals surface area (Å²) in [5.41, 5.74) is 5.57. The Bertz CT molecular complexity index is 462. The minimum Gasteiger partial charge on any atom is -0.385 e. The summed E-state index contributed by atoms with van der Waals surface area (Å²) >= 11 is 0. The summed E-state index contributed by atoms with van der Waals surface area (Å²) in [6.45, 7) is 3.61. The maximum absolute atomic E-state index is 12.0. The number of carbonyl (C=O) groups is 1. The van der Waals surface area contributed by atoms with Gasteiger partial charge < -0.3 is 5.73 Å². The number of carbonyl (C=O) groups excluding carboxylic acids is 1. The van der Waals surface area contributed by atoms with Gasteiger partial charge >= 0.3 is 6.03 Å². The summed E-state index contributed by atoms with van der Waals surface area (Å²) in [7, 11) is 0. The van der Waals surface area contributed by atoms with Gasteiger partial charge in [-0.3, -0.25) is 9.80 Å². The molecule has 18 heavy (non-hydrogen) atoms. The first-order chi connectivity index (χ1) is 8.58. The van der Waals surface area contributed by atoms with Gasteiger partial charge in [0, 0.05) is 19.1 Å². The molecule has 0 radical (unpaired) electrons. The molecule has 1 aliphatic carbocycles. The first-order valence-electron chi connectivity index (χ1n) is 6.46. The van der Waals surface area contributed by atoms with Crippen LogP contribution in [0.5, 0.6) is 0 Å². The molecular formula is C13H18N4O. The number of hydrogen-bond donors (Lipinski definition) is 1. The maximum atomic E-state index is 12.0. The Morgan fingerprint density at radius 3 is 2.94 bits per heavy atom. The number of aliphatic imine (C=N–C) groups is 1. The largest absolute Gasteiger partial charge is 0.385 e. The quantitative estimate of drug-likeness (QED) is 0.718. The topological polar surface area (TPSA) is 61.9 Å². The molecule has 2 atom stereocenters. The molecule has 2 fully saturated rings. The van der Waals surface area contributed by atoms with E-state index >= 15 is 0 Å². The molecule has 5 heteroatoms. The smallest absolute Gasteiger partial charge is 0.347 e. The van der Waals surface area contributed by atoms with Crippen molar-refractivity contribution in [2.75, 3.05) is 13.1 Å². The van der Waals surface area contributed by atoms with Gasteiger partial charge in [0.1, 0.15) is 11.4 Å². The Kier molecular flexibility index (Phi) is 2.39. The number of nitrogens with zero attached hydrogens (tertiary/aromatic N) is 3. The molecule has 2 amide bonds. The molecule has 1 saturated carbocycles. The lowest BCUT2D eigenvalue weighted by Crippen LogP contribution is -2.58. The number of amides is 2. The highest BCUT2D eigenvalue weighted by atomic mass is 16.2. The summed E-state index contributed by atoms with van der Waals surface area (Å²) in [4.78, 5) is 20.0. The van der Waals surface area contributed by atoms with E-state index in [9.17, 15) is 4.79 Å². The van der Waals surface area contributed by atoms with Crippen LogP contribution in [0.2, 0.25) is 0 Å². The fourth-order valence-corrected chi connectivity index (χ4v) is 3.16. The van der Waals surface area contributed by atoms with Crippen LogP contribution < -0.4 is 5.73 Å². The summed E-state index contributed by atoms with van der Waals surface area (Å²) in [6.07, 6.45) is 8.82. The van der Waals surface area contributed by atoms with Crippen molar-refractivity contribution in [3.8, 4) is 12.3 Å². The molecule has 2 unspecified atom stereocenters. The summed E-state index contributed by atoms with van der Waals surface area (Å²) in [5.74, 6) is 3.07. The van der Waals surface area contributed by atoms with Crippen molar-refractivity contribution < 1.29 is 4.79 Å². The molecule has 0 aromatic heterocycles. The third-order valence-corrected chi connectivity index (χ3v) is 4.33. The number of rotatable bonds is 2. The maximum Gasteiger partial charge on any atom is 0.347 e. The van der Waals surface area contributed by atoms with Crippen LogP contribution in [-0.4, -0.2) is 52.4 Å². The van der Waals surface area contributed by atoms with Gasteiger partial charge in [-0.25, -0.2) is 4.79 Å². The molecule has 1 spiro atoms. The van der Waals surface area contributed by atoms with Crippen LogP contribution in [0.25, 0.3) is 0 Å². The molecule has 0 bridgehead atoms. The van der Waals surface area contributed by atoms with Gasteiger partial charge in [0.15, 0.2) is 0 Å². The van der Waals surface area contributed by atoms with Gasteiger partial charge in [-0.05, 0) is 26.2 Å². The second kappa shape index (κ2) is 3.72.